The summed E-state index contributed by atoms with van der Waals surface area (Å²) in [5.41, 5.74) is 4.21. The molecule has 2 aromatic carbocycles. The van der Waals surface area contributed by atoms with E-state index >= 15 is 0 Å². The molecule has 2 aromatic heterocycles. The van der Waals surface area contributed by atoms with Crippen molar-refractivity contribution in [1.82, 2.24) is 10.1 Å². The third-order valence-corrected chi connectivity index (χ3v) is 9.18. The molecule has 0 N–H and O–H groups in total. The van der Waals surface area contributed by atoms with Gasteiger partial charge in [0.2, 0.25) is 0 Å². The fraction of sp³-hybridized carbons (Fsp3) is 0.452. The van der Waals surface area contributed by atoms with E-state index in [0.29, 0.717) is 35.8 Å². The van der Waals surface area contributed by atoms with Crippen LogP contribution in [0.2, 0.25) is 5.02 Å². The number of halogens is 2. The van der Waals surface area contributed by atoms with Crippen molar-refractivity contribution in [3.63, 3.8) is 0 Å². The third kappa shape index (κ3) is 6.72. The number of carbonyl (C=O) groups is 1. The molecule has 0 radical (unpaired) electrons. The predicted octanol–water partition coefficient (Wildman–Crippen LogP) is 8.48. The zero-order valence-electron chi connectivity index (χ0n) is 23.6. The van der Waals surface area contributed by atoms with Gasteiger partial charge >= 0.3 is 5.97 Å². The number of carbonyl (C=O) groups excluding carboxylic acids is 1. The Kier molecular flexibility index (Phi) is 9.86. The smallest absolute Gasteiger partial charge is 0.338 e. The maximum Gasteiger partial charge on any atom is 0.338 e. The molecule has 4 aromatic rings. The van der Waals surface area contributed by atoms with Gasteiger partial charge in [0, 0.05) is 36.5 Å². The summed E-state index contributed by atoms with van der Waals surface area (Å²) in [6, 6.07) is 13.7. The van der Waals surface area contributed by atoms with Crippen molar-refractivity contribution in [1.29, 1.82) is 0 Å². The van der Waals surface area contributed by atoms with Crippen molar-refractivity contribution in [3.8, 4) is 11.3 Å². The number of rotatable bonds is 9. The molecule has 2 aliphatic carbocycles. The van der Waals surface area contributed by atoms with Gasteiger partial charge in [0.25, 0.3) is 0 Å². The Morgan fingerprint density at radius 3 is 2.56 bits per heavy atom. The van der Waals surface area contributed by atoms with Gasteiger partial charge in [-0.3, -0.25) is 0 Å². The number of hydrogen-bond acceptors (Lipinski definition) is 8. The van der Waals surface area contributed by atoms with E-state index in [4.69, 9.17) is 30.6 Å². The van der Waals surface area contributed by atoms with E-state index < -0.39 is 0 Å². The molecule has 41 heavy (non-hydrogen) atoms. The monoisotopic (exact) mass is 615 g/mol. The minimum Gasteiger partial charge on any atom is -0.462 e. The molecule has 0 bridgehead atoms. The van der Waals surface area contributed by atoms with E-state index in [1.165, 1.54) is 6.38 Å². The molecule has 6 rings (SSSR count). The molecule has 218 valence electrons. The van der Waals surface area contributed by atoms with Crippen LogP contribution in [0.1, 0.15) is 73.0 Å². The highest BCUT2D eigenvalue weighted by molar-refractivity contribution is 7.22. The summed E-state index contributed by atoms with van der Waals surface area (Å²) in [6.07, 6.45) is 7.97. The fourth-order valence-corrected chi connectivity index (χ4v) is 6.62. The second kappa shape index (κ2) is 13.6. The summed E-state index contributed by atoms with van der Waals surface area (Å²) in [4.78, 5) is 19.2. The van der Waals surface area contributed by atoms with Gasteiger partial charge in [0.1, 0.15) is 11.5 Å². The van der Waals surface area contributed by atoms with Gasteiger partial charge in [-0.15, -0.1) is 11.6 Å². The maximum atomic E-state index is 12.1. The van der Waals surface area contributed by atoms with E-state index in [2.05, 4.69) is 28.7 Å². The Balaban J connectivity index is 0.00000165. The van der Waals surface area contributed by atoms with Crippen LogP contribution in [0.4, 0.5) is 5.13 Å². The number of aromatic nitrogens is 2. The number of thiazole rings is 1. The second-order valence-corrected chi connectivity index (χ2v) is 11.8. The number of hydrogen-bond donors (Lipinski definition) is 0. The number of fused-ring (bicyclic) bond motifs is 1. The normalized spacial score (nSPS) is 18.6. The van der Waals surface area contributed by atoms with Crippen LogP contribution in [-0.4, -0.2) is 48.3 Å². The highest BCUT2D eigenvalue weighted by Gasteiger charge is 2.34. The topological polar surface area (TPSA) is 77.7 Å². The van der Waals surface area contributed by atoms with Crippen molar-refractivity contribution < 1.29 is 18.8 Å². The van der Waals surface area contributed by atoms with Gasteiger partial charge in [-0.2, -0.15) is 0 Å². The Morgan fingerprint density at radius 2 is 1.85 bits per heavy atom. The first kappa shape index (κ1) is 29.8. The summed E-state index contributed by atoms with van der Waals surface area (Å²) >= 11 is 12.7. The Morgan fingerprint density at radius 1 is 1.10 bits per heavy atom. The highest BCUT2D eigenvalue weighted by atomic mass is 35.5. The van der Waals surface area contributed by atoms with E-state index in [1.54, 1.807) is 17.4 Å². The summed E-state index contributed by atoms with van der Waals surface area (Å²) in [6.45, 7) is 2.67. The van der Waals surface area contributed by atoms with E-state index in [9.17, 15) is 4.79 Å². The molecule has 0 spiro atoms. The largest absolute Gasteiger partial charge is 0.462 e. The van der Waals surface area contributed by atoms with Gasteiger partial charge in [-0.25, -0.2) is 9.78 Å². The molecule has 0 saturated heterocycles. The molecule has 0 atom stereocenters. The summed E-state index contributed by atoms with van der Waals surface area (Å²) in [7, 11) is 2.12. The van der Waals surface area contributed by atoms with E-state index in [-0.39, 0.29) is 12.1 Å². The van der Waals surface area contributed by atoms with Crippen molar-refractivity contribution >= 4 is 55.9 Å². The Hall–Kier alpha value is -2.65. The number of benzene rings is 2. The Labute approximate surface area is 254 Å². The van der Waals surface area contributed by atoms with Gasteiger partial charge in [-0.05, 0) is 69.7 Å². The van der Waals surface area contributed by atoms with Crippen LogP contribution in [0.25, 0.3) is 21.5 Å². The molecule has 0 aliphatic heterocycles. The predicted molar refractivity (Wildman–Crippen MR) is 166 cm³/mol. The van der Waals surface area contributed by atoms with Crippen molar-refractivity contribution in [2.75, 3.05) is 24.9 Å². The zero-order chi connectivity index (χ0) is 28.9. The average molecular weight is 617 g/mol. The summed E-state index contributed by atoms with van der Waals surface area (Å²) in [5.74, 6) is 1.11. The number of alkyl halides is 1. The number of esters is 1. The van der Waals surface area contributed by atoms with Gasteiger partial charge in [0.15, 0.2) is 5.13 Å². The Bertz CT molecular complexity index is 1480. The minimum atomic E-state index is -0.296. The SMILES string of the molecule is CCOC(=O)c1ccc2nc(N(C)C3CCC(OCc4c(-c5ccccc5Cl)noc4C4CC4)CC3)sc2c1.CCl. The molecular weight excluding hydrogens is 581 g/mol. The van der Waals surface area contributed by atoms with Crippen LogP contribution < -0.4 is 4.90 Å². The van der Waals surface area contributed by atoms with Crippen molar-refractivity contribution in [2.45, 2.75) is 70.1 Å². The number of anilines is 1. The molecular formula is C31H35Cl2N3O4S. The van der Waals surface area contributed by atoms with E-state index in [0.717, 1.165) is 76.5 Å². The van der Waals surface area contributed by atoms with E-state index in [1.807, 2.05) is 43.3 Å². The van der Waals surface area contributed by atoms with Crippen LogP contribution in [-0.2, 0) is 16.1 Å². The van der Waals surface area contributed by atoms with Crippen molar-refractivity contribution in [3.05, 3.63) is 64.4 Å². The summed E-state index contributed by atoms with van der Waals surface area (Å²) < 4.78 is 18.4. The molecule has 7 nitrogen and oxygen atoms in total. The molecule has 2 heterocycles. The van der Waals surface area contributed by atoms with Crippen LogP contribution in [0.15, 0.2) is 47.0 Å². The molecule has 0 unspecified atom stereocenters. The molecule has 10 heteroatoms. The lowest BCUT2D eigenvalue weighted by Crippen LogP contribution is -2.37. The standard InChI is InChI=1S/C30H32ClN3O4S.CH3Cl/c1-3-36-29(35)19-10-15-25-26(16-19)39-30(32-25)34(2)20-11-13-21(14-12-20)37-17-23-27(22-6-4-5-7-24(22)31)33-38-28(23)18-8-9-18;1-2/h4-7,10,15-16,18,20-21H,3,8-9,11-14,17H2,1-2H3;1H3. The fourth-order valence-electron chi connectivity index (χ4n) is 5.35. The molecule has 2 aliphatic rings. The van der Waals surface area contributed by atoms with Crippen LogP contribution in [0, 0.1) is 0 Å². The van der Waals surface area contributed by atoms with Crippen LogP contribution in [0.5, 0.6) is 0 Å². The van der Waals surface area contributed by atoms with Crippen LogP contribution in [0.3, 0.4) is 0 Å². The molecule has 0 amide bonds. The van der Waals surface area contributed by atoms with Gasteiger partial charge < -0.3 is 18.9 Å². The first-order valence-corrected chi connectivity index (χ1v) is 16.0. The lowest BCUT2D eigenvalue weighted by Gasteiger charge is -2.34. The highest BCUT2D eigenvalue weighted by Crippen LogP contribution is 2.45. The first-order chi connectivity index (χ1) is 20.0. The lowest BCUT2D eigenvalue weighted by atomic mass is 9.92. The van der Waals surface area contributed by atoms with Crippen molar-refractivity contribution in [2.24, 2.45) is 0 Å². The second-order valence-electron chi connectivity index (χ2n) is 10.4. The minimum absolute atomic E-state index is 0.193. The molecule has 2 saturated carbocycles. The summed E-state index contributed by atoms with van der Waals surface area (Å²) in [5, 5.41) is 6.05. The quantitative estimate of drug-likeness (QED) is 0.138. The first-order valence-electron chi connectivity index (χ1n) is 14.0. The van der Waals surface area contributed by atoms with Gasteiger partial charge in [-0.1, -0.05) is 46.3 Å². The lowest BCUT2D eigenvalue weighted by molar-refractivity contribution is 0.0131. The number of ether oxygens (including phenoxy) is 2. The third-order valence-electron chi connectivity index (χ3n) is 7.74. The van der Waals surface area contributed by atoms with Crippen LogP contribution >= 0.6 is 34.5 Å². The molecule has 2 fully saturated rings. The average Bonchev–Trinajstić information content (AvgIpc) is 3.62. The van der Waals surface area contributed by atoms with Gasteiger partial charge in [0.05, 0.1) is 40.1 Å². The zero-order valence-corrected chi connectivity index (χ0v) is 25.9. The maximum absolute atomic E-state index is 12.1. The number of nitrogens with zero attached hydrogens (tertiary/aromatic N) is 3.